The second kappa shape index (κ2) is 14.2. The quantitative estimate of drug-likeness (QED) is 0.561. The van der Waals surface area contributed by atoms with Crippen LogP contribution in [0.3, 0.4) is 0 Å². The minimum Gasteiger partial charge on any atom is -0.303 e. The zero-order valence-electron chi connectivity index (χ0n) is 9.81. The summed E-state index contributed by atoms with van der Waals surface area (Å²) in [5, 5.41) is 0. The summed E-state index contributed by atoms with van der Waals surface area (Å²) in [5.41, 5.74) is 0. The maximum Gasteiger partial charge on any atom is 0.119 e. The highest BCUT2D eigenvalue weighted by Crippen LogP contribution is 2.21. The van der Waals surface area contributed by atoms with Gasteiger partial charge in [-0.15, -0.1) is 0 Å². The minimum absolute atomic E-state index is 0.639. The fourth-order valence-corrected chi connectivity index (χ4v) is 1.31. The van der Waals surface area contributed by atoms with Crippen LogP contribution in [0.15, 0.2) is 0 Å². The zero-order valence-corrected chi connectivity index (χ0v) is 9.81. The van der Waals surface area contributed by atoms with E-state index in [0.29, 0.717) is 6.42 Å². The van der Waals surface area contributed by atoms with Gasteiger partial charge in [0.1, 0.15) is 6.29 Å². The van der Waals surface area contributed by atoms with E-state index in [1.165, 1.54) is 32.1 Å². The second-order valence-corrected chi connectivity index (χ2v) is 3.32. The SMILES string of the molecule is CC.CC1CCCCC1.CCC=O. The first-order valence-electron chi connectivity index (χ1n) is 5.74. The lowest BCUT2D eigenvalue weighted by Gasteiger charge is -2.15. The predicted molar refractivity (Wildman–Crippen MR) is 60.0 cm³/mol. The van der Waals surface area contributed by atoms with Crippen molar-refractivity contribution >= 4 is 6.29 Å². The summed E-state index contributed by atoms with van der Waals surface area (Å²) < 4.78 is 0. The van der Waals surface area contributed by atoms with Crippen molar-refractivity contribution in [1.29, 1.82) is 0 Å². The summed E-state index contributed by atoms with van der Waals surface area (Å²) in [4.78, 5) is 9.17. The monoisotopic (exact) mass is 186 g/mol. The van der Waals surface area contributed by atoms with E-state index in [9.17, 15) is 4.79 Å². The number of rotatable bonds is 1. The lowest BCUT2D eigenvalue weighted by molar-refractivity contribution is -0.107. The highest BCUT2D eigenvalue weighted by Gasteiger charge is 2.05. The molecule has 0 radical (unpaired) electrons. The molecule has 1 aliphatic rings. The Labute approximate surface area is 83.9 Å². The van der Waals surface area contributed by atoms with E-state index in [-0.39, 0.29) is 0 Å². The van der Waals surface area contributed by atoms with E-state index in [0.717, 1.165) is 12.2 Å². The van der Waals surface area contributed by atoms with Crippen LogP contribution in [0.25, 0.3) is 0 Å². The molecule has 1 rings (SSSR count). The Bertz CT molecular complexity index is 83.1. The average molecular weight is 186 g/mol. The molecular weight excluding hydrogens is 160 g/mol. The molecule has 1 fully saturated rings. The Morgan fingerprint density at radius 3 is 1.69 bits per heavy atom. The molecule has 0 amide bonds. The van der Waals surface area contributed by atoms with Crippen LogP contribution in [0.5, 0.6) is 0 Å². The molecule has 0 aromatic heterocycles. The van der Waals surface area contributed by atoms with Gasteiger partial charge in [-0.2, -0.15) is 0 Å². The molecule has 0 atom stereocenters. The first-order chi connectivity index (χ1) is 6.31. The van der Waals surface area contributed by atoms with Gasteiger partial charge in [0.2, 0.25) is 0 Å². The molecule has 1 heteroatoms. The third kappa shape index (κ3) is 14.5. The lowest BCUT2D eigenvalue weighted by atomic mass is 9.91. The summed E-state index contributed by atoms with van der Waals surface area (Å²) in [5.74, 6) is 1.04. The van der Waals surface area contributed by atoms with Crippen LogP contribution in [-0.4, -0.2) is 6.29 Å². The fourth-order valence-electron chi connectivity index (χ4n) is 1.31. The fraction of sp³-hybridized carbons (Fsp3) is 0.917. The Kier molecular flexibility index (Phi) is 16.6. The summed E-state index contributed by atoms with van der Waals surface area (Å²) >= 11 is 0. The topological polar surface area (TPSA) is 17.1 Å². The van der Waals surface area contributed by atoms with Crippen LogP contribution in [0.4, 0.5) is 0 Å². The van der Waals surface area contributed by atoms with Crippen molar-refractivity contribution < 1.29 is 4.79 Å². The number of carbonyl (C=O) groups excluding carboxylic acids is 1. The van der Waals surface area contributed by atoms with E-state index in [1.54, 1.807) is 0 Å². The van der Waals surface area contributed by atoms with Gasteiger partial charge in [0.15, 0.2) is 0 Å². The molecule has 0 aromatic carbocycles. The molecular formula is C12H26O. The van der Waals surface area contributed by atoms with Gasteiger partial charge in [-0.25, -0.2) is 0 Å². The smallest absolute Gasteiger partial charge is 0.119 e. The maximum absolute atomic E-state index is 9.17. The van der Waals surface area contributed by atoms with E-state index in [2.05, 4.69) is 6.92 Å². The van der Waals surface area contributed by atoms with Gasteiger partial charge in [0, 0.05) is 6.42 Å². The van der Waals surface area contributed by atoms with Crippen LogP contribution in [0, 0.1) is 5.92 Å². The van der Waals surface area contributed by atoms with Crippen molar-refractivity contribution in [3.63, 3.8) is 0 Å². The minimum atomic E-state index is 0.639. The molecule has 0 aromatic rings. The summed E-state index contributed by atoms with van der Waals surface area (Å²) in [6, 6.07) is 0. The Morgan fingerprint density at radius 1 is 1.15 bits per heavy atom. The maximum atomic E-state index is 9.17. The van der Waals surface area contributed by atoms with Crippen LogP contribution in [0.1, 0.15) is 66.2 Å². The van der Waals surface area contributed by atoms with E-state index < -0.39 is 0 Å². The Hall–Kier alpha value is -0.330. The second-order valence-electron chi connectivity index (χ2n) is 3.32. The molecule has 0 unspecified atom stereocenters. The molecule has 0 heterocycles. The summed E-state index contributed by atoms with van der Waals surface area (Å²) in [7, 11) is 0. The number of carbonyl (C=O) groups is 1. The highest BCUT2D eigenvalue weighted by molar-refractivity contribution is 5.48. The first kappa shape index (κ1) is 15.2. The molecule has 13 heavy (non-hydrogen) atoms. The Balaban J connectivity index is 0. The third-order valence-corrected chi connectivity index (χ3v) is 2.06. The molecule has 0 saturated heterocycles. The van der Waals surface area contributed by atoms with Crippen LogP contribution in [0.2, 0.25) is 0 Å². The number of aldehydes is 1. The van der Waals surface area contributed by atoms with E-state index in [4.69, 9.17) is 0 Å². The lowest BCUT2D eigenvalue weighted by Crippen LogP contribution is -1.99. The van der Waals surface area contributed by atoms with Gasteiger partial charge in [0.25, 0.3) is 0 Å². The standard InChI is InChI=1S/C7H14.C3H6O.C2H6/c1-7-5-3-2-4-6-7;1-2-3-4;1-2/h7H,2-6H2,1H3;3H,2H2,1H3;1-2H3. The van der Waals surface area contributed by atoms with Crippen molar-refractivity contribution in [3.8, 4) is 0 Å². The largest absolute Gasteiger partial charge is 0.303 e. The predicted octanol–water partition coefficient (Wildman–Crippen LogP) is 4.21. The van der Waals surface area contributed by atoms with Crippen molar-refractivity contribution in [2.45, 2.75) is 66.2 Å². The third-order valence-electron chi connectivity index (χ3n) is 2.06. The molecule has 80 valence electrons. The summed E-state index contributed by atoms with van der Waals surface area (Å²) in [6.07, 6.45) is 8.95. The van der Waals surface area contributed by atoms with Crippen molar-refractivity contribution in [2.75, 3.05) is 0 Å². The molecule has 0 N–H and O–H groups in total. The normalized spacial score (nSPS) is 16.0. The Morgan fingerprint density at radius 2 is 1.54 bits per heavy atom. The van der Waals surface area contributed by atoms with E-state index in [1.807, 2.05) is 20.8 Å². The van der Waals surface area contributed by atoms with E-state index >= 15 is 0 Å². The molecule has 1 nitrogen and oxygen atoms in total. The van der Waals surface area contributed by atoms with Gasteiger partial charge >= 0.3 is 0 Å². The molecule has 1 saturated carbocycles. The average Bonchev–Trinajstić information content (AvgIpc) is 2.22. The van der Waals surface area contributed by atoms with Crippen molar-refractivity contribution in [1.82, 2.24) is 0 Å². The first-order valence-corrected chi connectivity index (χ1v) is 5.74. The highest BCUT2D eigenvalue weighted by atomic mass is 16.1. The number of hydrogen-bond donors (Lipinski definition) is 0. The van der Waals surface area contributed by atoms with Gasteiger partial charge in [-0.3, -0.25) is 0 Å². The van der Waals surface area contributed by atoms with Gasteiger partial charge in [0.05, 0.1) is 0 Å². The van der Waals surface area contributed by atoms with Gasteiger partial charge in [-0.05, 0) is 5.92 Å². The summed E-state index contributed by atoms with van der Waals surface area (Å²) in [6.45, 7) is 8.17. The molecule has 0 spiro atoms. The number of hydrogen-bond acceptors (Lipinski definition) is 1. The van der Waals surface area contributed by atoms with Crippen molar-refractivity contribution in [3.05, 3.63) is 0 Å². The van der Waals surface area contributed by atoms with Crippen LogP contribution >= 0.6 is 0 Å². The van der Waals surface area contributed by atoms with Crippen LogP contribution in [-0.2, 0) is 4.79 Å². The van der Waals surface area contributed by atoms with Crippen molar-refractivity contribution in [2.24, 2.45) is 5.92 Å². The van der Waals surface area contributed by atoms with Gasteiger partial charge in [-0.1, -0.05) is 59.8 Å². The van der Waals surface area contributed by atoms with Crippen LogP contribution < -0.4 is 0 Å². The molecule has 0 bridgehead atoms. The molecule has 1 aliphatic carbocycles. The van der Waals surface area contributed by atoms with Gasteiger partial charge < -0.3 is 4.79 Å². The zero-order chi connectivity index (χ0) is 10.5. The molecule has 0 aliphatic heterocycles.